The molecule has 0 saturated carbocycles. The summed E-state index contributed by atoms with van der Waals surface area (Å²) in [4.78, 5) is 11.1. The van der Waals surface area contributed by atoms with Crippen LogP contribution in [0.25, 0.3) is 0 Å². The number of anilines is 1. The van der Waals surface area contributed by atoms with Gasteiger partial charge in [0.25, 0.3) is 0 Å². The predicted molar refractivity (Wildman–Crippen MR) is 91.4 cm³/mol. The van der Waals surface area contributed by atoms with Gasteiger partial charge in [0, 0.05) is 44.3 Å². The molecule has 3 heterocycles. The van der Waals surface area contributed by atoms with Gasteiger partial charge in [-0.25, -0.2) is 9.97 Å². The van der Waals surface area contributed by atoms with Crippen molar-refractivity contribution in [3.8, 4) is 0 Å². The summed E-state index contributed by atoms with van der Waals surface area (Å²) in [6, 6.07) is 3.22. The lowest BCUT2D eigenvalue weighted by atomic mass is 9.91. The SMILES string of the molecule is CC1NNC(C)C1CCCN(C)c1cc(C2CCOC2)ncn1. The quantitative estimate of drug-likeness (QED) is 0.832. The van der Waals surface area contributed by atoms with Gasteiger partial charge in [-0.15, -0.1) is 0 Å². The number of hydrogen-bond donors (Lipinski definition) is 2. The van der Waals surface area contributed by atoms with E-state index < -0.39 is 0 Å². The van der Waals surface area contributed by atoms with Gasteiger partial charge in [0.2, 0.25) is 0 Å². The molecule has 6 nitrogen and oxygen atoms in total. The summed E-state index contributed by atoms with van der Waals surface area (Å²) in [7, 11) is 2.12. The second-order valence-corrected chi connectivity index (χ2v) is 6.96. The Balaban J connectivity index is 1.51. The molecule has 2 aliphatic heterocycles. The second-order valence-electron chi connectivity index (χ2n) is 6.96. The zero-order valence-corrected chi connectivity index (χ0v) is 14.5. The van der Waals surface area contributed by atoms with Crippen LogP contribution in [0, 0.1) is 5.92 Å². The highest BCUT2D eigenvalue weighted by Gasteiger charge is 2.29. The Kier molecular flexibility index (Phi) is 5.46. The number of hydrogen-bond acceptors (Lipinski definition) is 6. The summed E-state index contributed by atoms with van der Waals surface area (Å²) >= 11 is 0. The number of nitrogens with zero attached hydrogens (tertiary/aromatic N) is 3. The minimum absolute atomic E-state index is 0.433. The van der Waals surface area contributed by atoms with E-state index in [1.54, 1.807) is 6.33 Å². The average molecular weight is 319 g/mol. The molecule has 1 aromatic rings. The summed E-state index contributed by atoms with van der Waals surface area (Å²) in [5, 5.41) is 0. The zero-order chi connectivity index (χ0) is 16.2. The van der Waals surface area contributed by atoms with Gasteiger partial charge in [0.05, 0.1) is 12.3 Å². The normalized spacial score (nSPS) is 30.7. The average Bonchev–Trinajstić information content (AvgIpc) is 3.20. The lowest BCUT2D eigenvalue weighted by Gasteiger charge is -2.22. The summed E-state index contributed by atoms with van der Waals surface area (Å²) in [6.45, 7) is 7.17. The van der Waals surface area contributed by atoms with E-state index >= 15 is 0 Å². The van der Waals surface area contributed by atoms with Crippen LogP contribution < -0.4 is 15.8 Å². The molecule has 2 fully saturated rings. The van der Waals surface area contributed by atoms with Crippen LogP contribution in [0.5, 0.6) is 0 Å². The van der Waals surface area contributed by atoms with Crippen LogP contribution in [0.4, 0.5) is 5.82 Å². The van der Waals surface area contributed by atoms with Gasteiger partial charge in [-0.3, -0.25) is 10.9 Å². The van der Waals surface area contributed by atoms with E-state index in [0.29, 0.717) is 23.9 Å². The summed E-state index contributed by atoms with van der Waals surface area (Å²) in [5.41, 5.74) is 7.78. The van der Waals surface area contributed by atoms with Crippen molar-refractivity contribution in [1.82, 2.24) is 20.8 Å². The molecule has 2 N–H and O–H groups in total. The van der Waals surface area contributed by atoms with Crippen LogP contribution in [0.3, 0.4) is 0 Å². The predicted octanol–water partition coefficient (Wildman–Crippen LogP) is 1.70. The fourth-order valence-corrected chi connectivity index (χ4v) is 3.65. The van der Waals surface area contributed by atoms with E-state index in [-0.39, 0.29) is 0 Å². The number of nitrogens with one attached hydrogen (secondary N) is 2. The summed E-state index contributed by atoms with van der Waals surface area (Å²) < 4.78 is 5.47. The number of aromatic nitrogens is 2. The third kappa shape index (κ3) is 4.00. The monoisotopic (exact) mass is 319 g/mol. The van der Waals surface area contributed by atoms with Crippen LogP contribution in [0.1, 0.15) is 44.7 Å². The minimum Gasteiger partial charge on any atom is -0.381 e. The van der Waals surface area contributed by atoms with E-state index in [1.807, 2.05) is 0 Å². The molecule has 2 aliphatic rings. The van der Waals surface area contributed by atoms with Crippen molar-refractivity contribution in [1.29, 1.82) is 0 Å². The molecule has 0 radical (unpaired) electrons. The highest BCUT2D eigenvalue weighted by molar-refractivity contribution is 5.38. The molecule has 0 bridgehead atoms. The van der Waals surface area contributed by atoms with E-state index in [4.69, 9.17) is 4.74 Å². The molecule has 128 valence electrons. The largest absolute Gasteiger partial charge is 0.381 e. The Morgan fingerprint density at radius 3 is 2.74 bits per heavy atom. The molecular formula is C17H29N5O. The fraction of sp³-hybridized carbons (Fsp3) is 0.765. The minimum atomic E-state index is 0.433. The van der Waals surface area contributed by atoms with Crippen LogP contribution in [0.15, 0.2) is 12.4 Å². The van der Waals surface area contributed by atoms with Crippen molar-refractivity contribution in [3.05, 3.63) is 18.1 Å². The van der Waals surface area contributed by atoms with E-state index in [9.17, 15) is 0 Å². The Bertz CT molecular complexity index is 496. The lowest BCUT2D eigenvalue weighted by Crippen LogP contribution is -2.30. The van der Waals surface area contributed by atoms with E-state index in [2.05, 4.69) is 52.7 Å². The van der Waals surface area contributed by atoms with E-state index in [1.165, 1.54) is 12.8 Å². The lowest BCUT2D eigenvalue weighted by molar-refractivity contribution is 0.193. The first kappa shape index (κ1) is 16.6. The fourth-order valence-electron chi connectivity index (χ4n) is 3.65. The van der Waals surface area contributed by atoms with Crippen molar-refractivity contribution >= 4 is 5.82 Å². The highest BCUT2D eigenvalue weighted by atomic mass is 16.5. The van der Waals surface area contributed by atoms with Gasteiger partial charge in [-0.05, 0) is 39.0 Å². The molecule has 1 aromatic heterocycles. The maximum Gasteiger partial charge on any atom is 0.131 e. The summed E-state index contributed by atoms with van der Waals surface area (Å²) in [6.07, 6.45) is 5.15. The molecule has 6 heteroatoms. The molecule has 3 unspecified atom stereocenters. The Labute approximate surface area is 139 Å². The second kappa shape index (κ2) is 7.55. The van der Waals surface area contributed by atoms with Crippen LogP contribution in [-0.4, -0.2) is 48.9 Å². The molecule has 0 spiro atoms. The van der Waals surface area contributed by atoms with Crippen LogP contribution in [-0.2, 0) is 4.74 Å². The Hall–Kier alpha value is -1.24. The first-order valence-corrected chi connectivity index (χ1v) is 8.77. The van der Waals surface area contributed by atoms with Crippen molar-refractivity contribution in [3.63, 3.8) is 0 Å². The van der Waals surface area contributed by atoms with Crippen molar-refractivity contribution in [2.75, 3.05) is 31.7 Å². The van der Waals surface area contributed by atoms with Gasteiger partial charge in [0.1, 0.15) is 12.1 Å². The highest BCUT2D eigenvalue weighted by Crippen LogP contribution is 2.25. The first-order valence-electron chi connectivity index (χ1n) is 8.77. The van der Waals surface area contributed by atoms with Gasteiger partial charge in [-0.1, -0.05) is 0 Å². The Morgan fingerprint density at radius 1 is 1.26 bits per heavy atom. The molecule has 0 aliphatic carbocycles. The van der Waals surface area contributed by atoms with Gasteiger partial charge in [-0.2, -0.15) is 0 Å². The van der Waals surface area contributed by atoms with Crippen molar-refractivity contribution in [2.45, 2.75) is 51.1 Å². The first-order chi connectivity index (χ1) is 11.1. The maximum atomic E-state index is 5.47. The summed E-state index contributed by atoms with van der Waals surface area (Å²) in [5.74, 6) is 2.15. The van der Waals surface area contributed by atoms with Crippen molar-refractivity contribution < 1.29 is 4.74 Å². The topological polar surface area (TPSA) is 62.3 Å². The Morgan fingerprint density at radius 2 is 2.04 bits per heavy atom. The van der Waals surface area contributed by atoms with Gasteiger partial charge < -0.3 is 9.64 Å². The standard InChI is InChI=1S/C17H29N5O/c1-12-15(13(2)21-20-12)5-4-7-22(3)17-9-16(18-11-19-17)14-6-8-23-10-14/h9,11-15,20-21H,4-8,10H2,1-3H3. The zero-order valence-electron chi connectivity index (χ0n) is 14.5. The molecule has 0 aromatic carbocycles. The maximum absolute atomic E-state index is 5.47. The van der Waals surface area contributed by atoms with E-state index in [0.717, 1.165) is 37.7 Å². The van der Waals surface area contributed by atoms with Crippen LogP contribution >= 0.6 is 0 Å². The number of rotatable bonds is 6. The molecule has 3 rings (SSSR count). The van der Waals surface area contributed by atoms with Crippen molar-refractivity contribution in [2.24, 2.45) is 5.92 Å². The smallest absolute Gasteiger partial charge is 0.131 e. The third-order valence-corrected chi connectivity index (χ3v) is 5.27. The van der Waals surface area contributed by atoms with Gasteiger partial charge >= 0.3 is 0 Å². The molecule has 3 atom stereocenters. The third-order valence-electron chi connectivity index (χ3n) is 5.27. The molecule has 0 amide bonds. The van der Waals surface area contributed by atoms with Crippen LogP contribution in [0.2, 0.25) is 0 Å². The molecule has 23 heavy (non-hydrogen) atoms. The van der Waals surface area contributed by atoms with Gasteiger partial charge in [0.15, 0.2) is 0 Å². The number of hydrazine groups is 1. The molecule has 2 saturated heterocycles. The molecular weight excluding hydrogens is 290 g/mol. The number of ether oxygens (including phenoxy) is 1.